The lowest BCUT2D eigenvalue weighted by Crippen LogP contribution is -2.40. The van der Waals surface area contributed by atoms with Crippen LogP contribution < -0.4 is 0 Å². The summed E-state index contributed by atoms with van der Waals surface area (Å²) in [6.45, 7) is 0.128. The summed E-state index contributed by atoms with van der Waals surface area (Å²) in [6.07, 6.45) is -0.766. The molecule has 0 aliphatic carbocycles. The molecule has 0 aromatic heterocycles. The Kier molecular flexibility index (Phi) is 4.98. The van der Waals surface area contributed by atoms with E-state index in [0.717, 1.165) is 10.5 Å². The Bertz CT molecular complexity index is 558. The van der Waals surface area contributed by atoms with E-state index in [-0.39, 0.29) is 31.9 Å². The second-order valence-electron chi connectivity index (χ2n) is 5.25. The van der Waals surface area contributed by atoms with Crippen LogP contribution in [0, 0.1) is 5.92 Å². The second-order valence-corrected chi connectivity index (χ2v) is 5.25. The monoisotopic (exact) mass is 307 g/mol. The van der Waals surface area contributed by atoms with Gasteiger partial charge in [-0.2, -0.15) is 0 Å². The molecule has 2 rings (SSSR count). The number of aliphatic carboxylic acids is 2. The minimum Gasteiger partial charge on any atom is -0.481 e. The molecule has 118 valence electrons. The summed E-state index contributed by atoms with van der Waals surface area (Å²) in [6, 6.07) is 8.00. The first kappa shape index (κ1) is 15.8. The van der Waals surface area contributed by atoms with Crippen LogP contribution in [0.3, 0.4) is 0 Å². The predicted octanol–water partition coefficient (Wildman–Crippen LogP) is 1.57. The largest absolute Gasteiger partial charge is 0.481 e. The van der Waals surface area contributed by atoms with E-state index in [1.54, 1.807) is 12.1 Å². The predicted molar refractivity (Wildman–Crippen MR) is 75.1 cm³/mol. The number of ether oxygens (including phenoxy) is 1. The van der Waals surface area contributed by atoms with Gasteiger partial charge in [-0.1, -0.05) is 30.3 Å². The first-order chi connectivity index (χ1) is 10.5. The molecule has 1 aliphatic heterocycles. The van der Waals surface area contributed by atoms with Gasteiger partial charge in [-0.05, 0) is 17.9 Å². The fourth-order valence-corrected chi connectivity index (χ4v) is 2.56. The van der Waals surface area contributed by atoms with E-state index >= 15 is 0 Å². The zero-order valence-electron chi connectivity index (χ0n) is 11.8. The summed E-state index contributed by atoms with van der Waals surface area (Å²) in [4.78, 5) is 35.1. The Morgan fingerprint density at radius 3 is 2.45 bits per heavy atom. The highest BCUT2D eigenvalue weighted by atomic mass is 16.6. The van der Waals surface area contributed by atoms with Gasteiger partial charge >= 0.3 is 18.0 Å². The van der Waals surface area contributed by atoms with Crippen molar-refractivity contribution in [3.05, 3.63) is 35.9 Å². The van der Waals surface area contributed by atoms with Crippen LogP contribution in [0.15, 0.2) is 30.3 Å². The minimum absolute atomic E-state index is 0.0477. The summed E-state index contributed by atoms with van der Waals surface area (Å²) in [5.41, 5.74) is 0.795. The molecule has 1 aliphatic rings. The maximum atomic E-state index is 12.1. The van der Waals surface area contributed by atoms with Gasteiger partial charge in [0.2, 0.25) is 0 Å². The molecule has 0 radical (unpaired) electrons. The summed E-state index contributed by atoms with van der Waals surface area (Å²) in [7, 11) is 0. The smallest absolute Gasteiger partial charge is 0.410 e. The van der Waals surface area contributed by atoms with Gasteiger partial charge in [0, 0.05) is 13.0 Å². The molecular weight excluding hydrogens is 290 g/mol. The quantitative estimate of drug-likeness (QED) is 0.855. The van der Waals surface area contributed by atoms with E-state index < -0.39 is 24.1 Å². The molecule has 0 saturated carbocycles. The summed E-state index contributed by atoms with van der Waals surface area (Å²) in [5.74, 6) is -2.53. The normalized spacial score (nSPS) is 20.6. The van der Waals surface area contributed by atoms with Crippen LogP contribution >= 0.6 is 0 Å². The highest BCUT2D eigenvalue weighted by Gasteiger charge is 2.41. The molecule has 1 amide bonds. The highest BCUT2D eigenvalue weighted by Crippen LogP contribution is 2.27. The van der Waals surface area contributed by atoms with Crippen molar-refractivity contribution in [3.63, 3.8) is 0 Å². The van der Waals surface area contributed by atoms with Crippen LogP contribution in [0.2, 0.25) is 0 Å². The Morgan fingerprint density at radius 1 is 1.18 bits per heavy atom. The van der Waals surface area contributed by atoms with Crippen molar-refractivity contribution in [1.82, 2.24) is 4.90 Å². The molecule has 0 unspecified atom stereocenters. The minimum atomic E-state index is -1.15. The Labute approximate surface area is 127 Å². The molecule has 2 N–H and O–H groups in total. The Hall–Kier alpha value is -2.57. The highest BCUT2D eigenvalue weighted by molar-refractivity contribution is 5.81. The lowest BCUT2D eigenvalue weighted by Gasteiger charge is -2.20. The molecule has 0 bridgehead atoms. The van der Waals surface area contributed by atoms with Crippen LogP contribution in [0.5, 0.6) is 0 Å². The van der Waals surface area contributed by atoms with Gasteiger partial charge in [0.05, 0.1) is 0 Å². The van der Waals surface area contributed by atoms with Crippen molar-refractivity contribution in [2.45, 2.75) is 25.5 Å². The van der Waals surface area contributed by atoms with Crippen LogP contribution in [-0.2, 0) is 20.9 Å². The van der Waals surface area contributed by atoms with Crippen molar-refractivity contribution in [1.29, 1.82) is 0 Å². The van der Waals surface area contributed by atoms with E-state index in [0.29, 0.717) is 0 Å². The number of benzene rings is 1. The van der Waals surface area contributed by atoms with E-state index in [9.17, 15) is 19.5 Å². The molecule has 1 heterocycles. The maximum Gasteiger partial charge on any atom is 0.410 e. The summed E-state index contributed by atoms with van der Waals surface area (Å²) in [5, 5.41) is 18.0. The number of carboxylic acid groups (broad SMARTS) is 2. The fourth-order valence-electron chi connectivity index (χ4n) is 2.56. The molecule has 1 aromatic rings. The third-order valence-electron chi connectivity index (χ3n) is 3.58. The van der Waals surface area contributed by atoms with Gasteiger partial charge < -0.3 is 14.9 Å². The van der Waals surface area contributed by atoms with Crippen molar-refractivity contribution >= 4 is 18.0 Å². The summed E-state index contributed by atoms with van der Waals surface area (Å²) >= 11 is 0. The lowest BCUT2D eigenvalue weighted by atomic mass is 10.0. The molecule has 1 aromatic carbocycles. The molecule has 22 heavy (non-hydrogen) atoms. The number of likely N-dealkylation sites (tertiary alicyclic amines) is 1. The number of hydrogen-bond donors (Lipinski definition) is 2. The van der Waals surface area contributed by atoms with Gasteiger partial charge in [-0.3, -0.25) is 9.69 Å². The zero-order valence-corrected chi connectivity index (χ0v) is 11.8. The van der Waals surface area contributed by atoms with Crippen molar-refractivity contribution < 1.29 is 29.3 Å². The SMILES string of the molecule is O=C(O)C[C@H]1C[C@@H](C(=O)O)N(C(=O)OCc2ccccc2)C1. The third kappa shape index (κ3) is 3.97. The third-order valence-corrected chi connectivity index (χ3v) is 3.58. The number of hydrogen-bond acceptors (Lipinski definition) is 4. The first-order valence-electron chi connectivity index (χ1n) is 6.89. The van der Waals surface area contributed by atoms with Crippen LogP contribution in [0.4, 0.5) is 4.79 Å². The number of carbonyl (C=O) groups is 3. The van der Waals surface area contributed by atoms with E-state index in [2.05, 4.69) is 0 Å². The standard InChI is InChI=1S/C15H17NO6/c17-13(18)7-11-6-12(14(19)20)16(8-11)15(21)22-9-10-4-2-1-3-5-10/h1-5,11-12H,6-9H2,(H,17,18)(H,19,20)/t11-,12+/m1/s1. The van der Waals surface area contributed by atoms with Crippen LogP contribution in [0.25, 0.3) is 0 Å². The first-order valence-corrected chi connectivity index (χ1v) is 6.89. The molecule has 7 nitrogen and oxygen atoms in total. The molecule has 7 heteroatoms. The van der Waals surface area contributed by atoms with Crippen molar-refractivity contribution in [2.75, 3.05) is 6.54 Å². The Balaban J connectivity index is 1.97. The number of carbonyl (C=O) groups excluding carboxylic acids is 1. The second kappa shape index (κ2) is 6.93. The van der Waals surface area contributed by atoms with Gasteiger partial charge in [-0.15, -0.1) is 0 Å². The zero-order chi connectivity index (χ0) is 16.1. The van der Waals surface area contributed by atoms with Gasteiger partial charge in [0.15, 0.2) is 0 Å². The Morgan fingerprint density at radius 2 is 1.86 bits per heavy atom. The van der Waals surface area contributed by atoms with Gasteiger partial charge in [-0.25, -0.2) is 9.59 Å². The van der Waals surface area contributed by atoms with Gasteiger partial charge in [0.1, 0.15) is 12.6 Å². The average Bonchev–Trinajstić information content (AvgIpc) is 2.89. The van der Waals surface area contributed by atoms with Crippen LogP contribution in [0.1, 0.15) is 18.4 Å². The molecule has 1 saturated heterocycles. The van der Waals surface area contributed by atoms with Gasteiger partial charge in [0.25, 0.3) is 0 Å². The number of carboxylic acids is 2. The molecule has 0 spiro atoms. The molecule has 1 fully saturated rings. The number of rotatable bonds is 5. The van der Waals surface area contributed by atoms with Crippen LogP contribution in [-0.4, -0.2) is 45.7 Å². The number of nitrogens with zero attached hydrogens (tertiary/aromatic N) is 1. The molecular formula is C15H17NO6. The van der Waals surface area contributed by atoms with E-state index in [4.69, 9.17) is 9.84 Å². The lowest BCUT2D eigenvalue weighted by molar-refractivity contribution is -0.142. The van der Waals surface area contributed by atoms with E-state index in [1.165, 1.54) is 0 Å². The maximum absolute atomic E-state index is 12.1. The topological polar surface area (TPSA) is 104 Å². The molecule has 2 atom stereocenters. The fraction of sp³-hybridized carbons (Fsp3) is 0.400. The van der Waals surface area contributed by atoms with Crippen molar-refractivity contribution in [3.8, 4) is 0 Å². The average molecular weight is 307 g/mol. The summed E-state index contributed by atoms with van der Waals surface area (Å²) < 4.78 is 5.12. The number of amides is 1. The van der Waals surface area contributed by atoms with Crippen molar-refractivity contribution in [2.24, 2.45) is 5.92 Å². The van der Waals surface area contributed by atoms with E-state index in [1.807, 2.05) is 18.2 Å².